The Bertz CT molecular complexity index is 779. The number of aromatic nitrogens is 1. The number of nitrogens with zero attached hydrogens (tertiary/aromatic N) is 1. The molecule has 0 saturated heterocycles. The van der Waals surface area contributed by atoms with E-state index in [-0.39, 0.29) is 24.4 Å². The molecular formula is C18H19F3N2O4. The molecule has 27 heavy (non-hydrogen) atoms. The number of amides is 1. The van der Waals surface area contributed by atoms with Gasteiger partial charge in [0.05, 0.1) is 18.4 Å². The highest BCUT2D eigenvalue weighted by molar-refractivity contribution is 5.95. The second-order valence-electron chi connectivity index (χ2n) is 5.68. The topological polar surface area (TPSA) is 80.7 Å². The van der Waals surface area contributed by atoms with Gasteiger partial charge in [0.15, 0.2) is 0 Å². The van der Waals surface area contributed by atoms with Gasteiger partial charge in [-0.25, -0.2) is 4.98 Å². The van der Waals surface area contributed by atoms with Crippen molar-refractivity contribution in [3.8, 4) is 11.5 Å². The zero-order chi connectivity index (χ0) is 20.0. The van der Waals surface area contributed by atoms with Crippen molar-refractivity contribution in [3.05, 3.63) is 53.3 Å². The summed E-state index contributed by atoms with van der Waals surface area (Å²) in [6.07, 6.45) is -5.58. The summed E-state index contributed by atoms with van der Waals surface area (Å²) in [4.78, 5) is 15.5. The van der Waals surface area contributed by atoms with E-state index in [2.05, 4.69) is 10.3 Å². The van der Waals surface area contributed by atoms with E-state index in [1.54, 1.807) is 24.3 Å². The standard InChI is InChI=1S/C18H19F3N2O4/c1-11-15(7-8-16(23-11)18(19,20)21)17(25)22-9-12(24)10-27-14-5-3-13(26-2)4-6-14/h3-8,12,24H,9-10H2,1-2H3,(H,22,25)/t12-/m1/s1. The molecule has 1 heterocycles. The van der Waals surface area contributed by atoms with Gasteiger partial charge < -0.3 is 19.9 Å². The van der Waals surface area contributed by atoms with Gasteiger partial charge >= 0.3 is 6.18 Å². The van der Waals surface area contributed by atoms with Gasteiger partial charge in [-0.05, 0) is 43.3 Å². The van der Waals surface area contributed by atoms with Gasteiger partial charge in [0, 0.05) is 6.54 Å². The van der Waals surface area contributed by atoms with Crippen molar-refractivity contribution in [2.45, 2.75) is 19.2 Å². The number of aryl methyl sites for hydroxylation is 1. The third-order valence-electron chi connectivity index (χ3n) is 3.62. The molecule has 0 saturated carbocycles. The third kappa shape index (κ3) is 5.85. The number of halogens is 3. The first kappa shape index (κ1) is 20.5. The zero-order valence-corrected chi connectivity index (χ0v) is 14.7. The molecule has 0 unspecified atom stereocenters. The number of hydrogen-bond acceptors (Lipinski definition) is 5. The van der Waals surface area contributed by atoms with Crippen LogP contribution < -0.4 is 14.8 Å². The molecule has 2 N–H and O–H groups in total. The molecule has 1 atom stereocenters. The summed E-state index contributed by atoms with van der Waals surface area (Å²) in [6.45, 7) is 1.11. The van der Waals surface area contributed by atoms with Crippen molar-refractivity contribution in [1.29, 1.82) is 0 Å². The van der Waals surface area contributed by atoms with Gasteiger partial charge in [-0.15, -0.1) is 0 Å². The molecule has 0 aliphatic rings. The summed E-state index contributed by atoms with van der Waals surface area (Å²) >= 11 is 0. The van der Waals surface area contributed by atoms with Gasteiger partial charge in [0.25, 0.3) is 5.91 Å². The molecule has 0 fully saturated rings. The highest BCUT2D eigenvalue weighted by atomic mass is 19.4. The molecule has 1 amide bonds. The van der Waals surface area contributed by atoms with Crippen molar-refractivity contribution < 1.29 is 32.5 Å². The van der Waals surface area contributed by atoms with Crippen molar-refractivity contribution in [2.24, 2.45) is 0 Å². The number of rotatable bonds is 7. The summed E-state index contributed by atoms with van der Waals surface area (Å²) in [6, 6.07) is 8.53. The Balaban J connectivity index is 1.85. The Hall–Kier alpha value is -2.81. The Morgan fingerprint density at radius 2 is 1.81 bits per heavy atom. The van der Waals surface area contributed by atoms with Crippen LogP contribution >= 0.6 is 0 Å². The van der Waals surface area contributed by atoms with Crippen molar-refractivity contribution in [3.63, 3.8) is 0 Å². The van der Waals surface area contributed by atoms with Crippen LogP contribution in [0.15, 0.2) is 36.4 Å². The number of methoxy groups -OCH3 is 1. The molecule has 2 aromatic rings. The molecule has 9 heteroatoms. The maximum atomic E-state index is 12.6. The minimum absolute atomic E-state index is 0.00581. The van der Waals surface area contributed by atoms with Gasteiger partial charge in [0.1, 0.15) is 29.9 Å². The molecule has 1 aromatic heterocycles. The Morgan fingerprint density at radius 3 is 2.37 bits per heavy atom. The van der Waals surface area contributed by atoms with E-state index in [1.807, 2.05) is 0 Å². The van der Waals surface area contributed by atoms with E-state index in [1.165, 1.54) is 14.0 Å². The molecule has 6 nitrogen and oxygen atoms in total. The molecule has 0 aliphatic carbocycles. The van der Waals surface area contributed by atoms with Crippen LogP contribution in [0.1, 0.15) is 21.7 Å². The Labute approximate surface area is 153 Å². The van der Waals surface area contributed by atoms with Gasteiger partial charge in [0.2, 0.25) is 0 Å². The van der Waals surface area contributed by atoms with E-state index in [0.29, 0.717) is 11.5 Å². The number of aliphatic hydroxyl groups is 1. The van der Waals surface area contributed by atoms with E-state index < -0.39 is 23.9 Å². The van der Waals surface area contributed by atoms with Gasteiger partial charge in [-0.2, -0.15) is 13.2 Å². The number of aliphatic hydroxyl groups excluding tert-OH is 1. The van der Waals surface area contributed by atoms with Crippen LogP contribution in [0.25, 0.3) is 0 Å². The molecule has 146 valence electrons. The first-order valence-electron chi connectivity index (χ1n) is 7.98. The molecule has 0 bridgehead atoms. The largest absolute Gasteiger partial charge is 0.497 e. The van der Waals surface area contributed by atoms with Crippen LogP contribution in [0, 0.1) is 6.92 Å². The summed E-state index contributed by atoms with van der Waals surface area (Å²) in [7, 11) is 1.54. The molecular weight excluding hydrogens is 365 g/mol. The number of hydrogen-bond donors (Lipinski definition) is 2. The summed E-state index contributed by atoms with van der Waals surface area (Å²) in [5.74, 6) is 0.553. The number of ether oxygens (including phenoxy) is 2. The molecule has 0 radical (unpaired) electrons. The Morgan fingerprint density at radius 1 is 1.19 bits per heavy atom. The lowest BCUT2D eigenvalue weighted by atomic mass is 10.1. The summed E-state index contributed by atoms with van der Waals surface area (Å²) < 4.78 is 48.2. The van der Waals surface area contributed by atoms with Crippen molar-refractivity contribution in [1.82, 2.24) is 10.3 Å². The number of alkyl halides is 3. The monoisotopic (exact) mass is 384 g/mol. The van der Waals surface area contributed by atoms with Crippen LogP contribution in [-0.4, -0.2) is 42.4 Å². The molecule has 2 rings (SSSR count). The SMILES string of the molecule is COc1ccc(OC[C@H](O)CNC(=O)c2ccc(C(F)(F)F)nc2C)cc1. The van der Waals surface area contributed by atoms with Crippen LogP contribution in [-0.2, 0) is 6.18 Å². The van der Waals surface area contributed by atoms with E-state index in [4.69, 9.17) is 9.47 Å². The fourth-order valence-electron chi connectivity index (χ4n) is 2.19. The number of carbonyl (C=O) groups is 1. The minimum atomic E-state index is -4.57. The third-order valence-corrected chi connectivity index (χ3v) is 3.62. The smallest absolute Gasteiger partial charge is 0.433 e. The number of pyridine rings is 1. The average molecular weight is 384 g/mol. The van der Waals surface area contributed by atoms with Gasteiger partial charge in [-0.3, -0.25) is 4.79 Å². The van der Waals surface area contributed by atoms with E-state index in [9.17, 15) is 23.1 Å². The van der Waals surface area contributed by atoms with Crippen molar-refractivity contribution in [2.75, 3.05) is 20.3 Å². The first-order chi connectivity index (χ1) is 12.7. The fourth-order valence-corrected chi connectivity index (χ4v) is 2.19. The van der Waals surface area contributed by atoms with E-state index >= 15 is 0 Å². The maximum Gasteiger partial charge on any atom is 0.433 e. The fraction of sp³-hybridized carbons (Fsp3) is 0.333. The maximum absolute atomic E-state index is 12.6. The predicted molar refractivity (Wildman–Crippen MR) is 90.8 cm³/mol. The lowest BCUT2D eigenvalue weighted by Gasteiger charge is -2.14. The lowest BCUT2D eigenvalue weighted by molar-refractivity contribution is -0.141. The zero-order valence-electron chi connectivity index (χ0n) is 14.7. The lowest BCUT2D eigenvalue weighted by Crippen LogP contribution is -2.35. The molecule has 0 aliphatic heterocycles. The van der Waals surface area contributed by atoms with Crippen LogP contribution in [0.2, 0.25) is 0 Å². The van der Waals surface area contributed by atoms with Crippen molar-refractivity contribution >= 4 is 5.91 Å². The molecule has 0 spiro atoms. The first-order valence-corrected chi connectivity index (χ1v) is 7.98. The average Bonchev–Trinajstić information content (AvgIpc) is 2.64. The highest BCUT2D eigenvalue weighted by Gasteiger charge is 2.33. The normalized spacial score (nSPS) is 12.4. The van der Waals surface area contributed by atoms with Crippen LogP contribution in [0.3, 0.4) is 0 Å². The second-order valence-corrected chi connectivity index (χ2v) is 5.68. The number of benzene rings is 1. The minimum Gasteiger partial charge on any atom is -0.497 e. The highest BCUT2D eigenvalue weighted by Crippen LogP contribution is 2.28. The molecule has 1 aromatic carbocycles. The summed E-state index contributed by atoms with van der Waals surface area (Å²) in [5.41, 5.74) is -1.11. The van der Waals surface area contributed by atoms with Gasteiger partial charge in [-0.1, -0.05) is 0 Å². The Kier molecular flexibility index (Phi) is 6.62. The summed E-state index contributed by atoms with van der Waals surface area (Å²) in [5, 5.41) is 12.3. The quantitative estimate of drug-likeness (QED) is 0.767. The van der Waals surface area contributed by atoms with Crippen LogP contribution in [0.4, 0.5) is 13.2 Å². The van der Waals surface area contributed by atoms with E-state index in [0.717, 1.165) is 12.1 Å². The predicted octanol–water partition coefficient (Wildman–Crippen LogP) is 2.59. The van der Waals surface area contributed by atoms with Crippen LogP contribution in [0.5, 0.6) is 11.5 Å². The number of nitrogens with one attached hydrogen (secondary N) is 1. The second kappa shape index (κ2) is 8.72. The number of carbonyl (C=O) groups excluding carboxylic acids is 1.